The molecule has 24 heavy (non-hydrogen) atoms. The molecule has 0 bridgehead atoms. The number of nitrogens with one attached hydrogen (secondary N) is 1. The van der Waals surface area contributed by atoms with Crippen LogP contribution >= 0.6 is 0 Å². The van der Waals surface area contributed by atoms with Gasteiger partial charge in [-0.1, -0.05) is 13.3 Å². The van der Waals surface area contributed by atoms with Gasteiger partial charge >= 0.3 is 0 Å². The molecule has 1 aromatic carbocycles. The van der Waals surface area contributed by atoms with Crippen LogP contribution in [0, 0.1) is 17.2 Å². The van der Waals surface area contributed by atoms with Gasteiger partial charge in [0.25, 0.3) is 0 Å². The van der Waals surface area contributed by atoms with Gasteiger partial charge in [-0.25, -0.2) is 0 Å². The molecule has 1 fully saturated rings. The van der Waals surface area contributed by atoms with Crippen molar-refractivity contribution in [2.45, 2.75) is 25.8 Å². The normalized spacial score (nSPS) is 19.8. The number of carbonyl (C=O) groups excluding carboxylic acids is 1. The predicted octanol–water partition coefficient (Wildman–Crippen LogP) is 2.41. The highest BCUT2D eigenvalue weighted by atomic mass is 16.5. The quantitative estimate of drug-likeness (QED) is 0.912. The Labute approximate surface area is 140 Å². The molecule has 0 unspecified atom stereocenters. The molecule has 6 nitrogen and oxygen atoms in total. The maximum absolute atomic E-state index is 11.6. The first-order chi connectivity index (χ1) is 11.7. The molecular weight excluding hydrogens is 306 g/mol. The molecule has 1 aliphatic rings. The lowest BCUT2D eigenvalue weighted by Gasteiger charge is -2.18. The van der Waals surface area contributed by atoms with Crippen LogP contribution in [0.25, 0.3) is 10.8 Å². The molecule has 1 saturated heterocycles. The largest absolute Gasteiger partial charge is 0.495 e. The number of ether oxygens (including phenoxy) is 2. The molecule has 0 radical (unpaired) electrons. The van der Waals surface area contributed by atoms with Gasteiger partial charge < -0.3 is 14.8 Å². The second-order valence-electron chi connectivity index (χ2n) is 5.88. The minimum absolute atomic E-state index is 0.0121. The van der Waals surface area contributed by atoms with Gasteiger partial charge in [0.1, 0.15) is 24.2 Å². The minimum atomic E-state index is 0.0121. The van der Waals surface area contributed by atoms with Crippen LogP contribution in [0.4, 0.5) is 0 Å². The Morgan fingerprint density at radius 3 is 2.92 bits per heavy atom. The van der Waals surface area contributed by atoms with Crippen molar-refractivity contribution in [3.05, 3.63) is 30.1 Å². The number of nitriles is 1. The Balaban J connectivity index is 1.87. The molecule has 0 spiro atoms. The molecule has 6 heteroatoms. The summed E-state index contributed by atoms with van der Waals surface area (Å²) < 4.78 is 11.2. The number of aromatic nitrogens is 1. The smallest absolute Gasteiger partial charge is 0.220 e. The van der Waals surface area contributed by atoms with Gasteiger partial charge in [0.05, 0.1) is 24.9 Å². The lowest BCUT2D eigenvalue weighted by atomic mass is 9.98. The van der Waals surface area contributed by atoms with Crippen LogP contribution in [0.3, 0.4) is 0 Å². The zero-order valence-corrected chi connectivity index (χ0v) is 13.7. The van der Waals surface area contributed by atoms with Gasteiger partial charge in [-0.3, -0.25) is 9.78 Å². The van der Waals surface area contributed by atoms with E-state index in [1.54, 1.807) is 24.5 Å². The molecule has 2 atom stereocenters. The SMILES string of the molecule is CC[C@@H]1CC(=O)N[C@@H]1COc1cncc2cc(C#N)c(OC)cc12. The van der Waals surface area contributed by atoms with Crippen LogP contribution in [0.2, 0.25) is 0 Å². The zero-order valence-electron chi connectivity index (χ0n) is 13.7. The third kappa shape index (κ3) is 2.98. The molecule has 1 aliphatic heterocycles. The van der Waals surface area contributed by atoms with Gasteiger partial charge in [-0.05, 0) is 18.1 Å². The van der Waals surface area contributed by atoms with E-state index >= 15 is 0 Å². The fraction of sp³-hybridized carbons (Fsp3) is 0.389. The van der Waals surface area contributed by atoms with E-state index in [0.29, 0.717) is 36.0 Å². The van der Waals surface area contributed by atoms with Crippen molar-refractivity contribution in [2.75, 3.05) is 13.7 Å². The molecule has 3 rings (SSSR count). The van der Waals surface area contributed by atoms with Crippen LogP contribution in [0.15, 0.2) is 24.5 Å². The van der Waals surface area contributed by atoms with E-state index in [2.05, 4.69) is 23.3 Å². The van der Waals surface area contributed by atoms with Crippen molar-refractivity contribution in [3.8, 4) is 17.6 Å². The highest BCUT2D eigenvalue weighted by molar-refractivity contribution is 5.90. The van der Waals surface area contributed by atoms with E-state index in [1.807, 2.05) is 0 Å². The van der Waals surface area contributed by atoms with Gasteiger partial charge in [-0.2, -0.15) is 5.26 Å². The highest BCUT2D eigenvalue weighted by Crippen LogP contribution is 2.31. The Kier molecular flexibility index (Phi) is 4.52. The van der Waals surface area contributed by atoms with Crippen LogP contribution in [0.5, 0.6) is 11.5 Å². The first-order valence-corrected chi connectivity index (χ1v) is 7.94. The second kappa shape index (κ2) is 6.75. The molecule has 0 aliphatic carbocycles. The average molecular weight is 325 g/mol. The third-order valence-electron chi connectivity index (χ3n) is 4.47. The maximum atomic E-state index is 11.6. The monoisotopic (exact) mass is 325 g/mol. The van der Waals surface area contributed by atoms with E-state index in [-0.39, 0.29) is 11.9 Å². The fourth-order valence-corrected chi connectivity index (χ4v) is 3.09. The second-order valence-corrected chi connectivity index (χ2v) is 5.88. The predicted molar refractivity (Wildman–Crippen MR) is 88.8 cm³/mol. The lowest BCUT2D eigenvalue weighted by molar-refractivity contribution is -0.119. The van der Waals surface area contributed by atoms with Crippen molar-refractivity contribution in [2.24, 2.45) is 5.92 Å². The molecule has 1 aromatic heterocycles. The van der Waals surface area contributed by atoms with Gasteiger partial charge in [0.2, 0.25) is 5.91 Å². The number of hydrogen-bond acceptors (Lipinski definition) is 5. The summed E-state index contributed by atoms with van der Waals surface area (Å²) >= 11 is 0. The number of hydrogen-bond donors (Lipinski definition) is 1. The number of benzene rings is 1. The molecule has 124 valence electrons. The summed E-state index contributed by atoms with van der Waals surface area (Å²) in [6, 6.07) is 5.65. The number of fused-ring (bicyclic) bond motifs is 1. The summed E-state index contributed by atoms with van der Waals surface area (Å²) in [6.45, 7) is 2.47. The Hall–Kier alpha value is -2.81. The van der Waals surface area contributed by atoms with Crippen LogP contribution in [-0.2, 0) is 4.79 Å². The summed E-state index contributed by atoms with van der Waals surface area (Å²) in [5.41, 5.74) is 0.457. The summed E-state index contributed by atoms with van der Waals surface area (Å²) in [6.07, 6.45) is 4.82. The average Bonchev–Trinajstić information content (AvgIpc) is 2.98. The van der Waals surface area contributed by atoms with E-state index in [1.165, 1.54) is 7.11 Å². The van der Waals surface area contributed by atoms with E-state index in [9.17, 15) is 10.1 Å². The van der Waals surface area contributed by atoms with Crippen molar-refractivity contribution in [1.29, 1.82) is 5.26 Å². The van der Waals surface area contributed by atoms with E-state index in [0.717, 1.165) is 17.2 Å². The Morgan fingerprint density at radius 2 is 2.21 bits per heavy atom. The molecular formula is C18H19N3O3. The first kappa shape index (κ1) is 16.1. The van der Waals surface area contributed by atoms with Gasteiger partial charge in [0.15, 0.2) is 0 Å². The molecule has 0 saturated carbocycles. The maximum Gasteiger partial charge on any atom is 0.220 e. The van der Waals surface area contributed by atoms with Crippen molar-refractivity contribution in [3.63, 3.8) is 0 Å². The molecule has 1 amide bonds. The van der Waals surface area contributed by atoms with Gasteiger partial charge in [-0.15, -0.1) is 0 Å². The summed E-state index contributed by atoms with van der Waals surface area (Å²) in [4.78, 5) is 15.8. The number of carbonyl (C=O) groups is 1. The van der Waals surface area contributed by atoms with E-state index < -0.39 is 0 Å². The number of pyridine rings is 1. The number of methoxy groups -OCH3 is 1. The number of rotatable bonds is 5. The highest BCUT2D eigenvalue weighted by Gasteiger charge is 2.31. The standard InChI is InChI=1S/C18H19N3O3/c1-3-11-5-18(22)21-15(11)10-24-17-9-20-8-13-4-12(7-19)16(23-2)6-14(13)17/h4,6,8-9,11,15H,3,5,10H2,1-2H3,(H,21,22)/t11-,15-/m1/s1. The van der Waals surface area contributed by atoms with Crippen LogP contribution in [-0.4, -0.2) is 30.6 Å². The van der Waals surface area contributed by atoms with E-state index in [4.69, 9.17) is 9.47 Å². The van der Waals surface area contributed by atoms with Crippen molar-refractivity contribution < 1.29 is 14.3 Å². The Morgan fingerprint density at radius 1 is 1.38 bits per heavy atom. The summed E-state index contributed by atoms with van der Waals surface area (Å²) in [5, 5.41) is 13.8. The third-order valence-corrected chi connectivity index (χ3v) is 4.47. The first-order valence-electron chi connectivity index (χ1n) is 7.94. The molecule has 1 N–H and O–H groups in total. The number of amides is 1. The molecule has 2 aromatic rings. The topological polar surface area (TPSA) is 84.2 Å². The van der Waals surface area contributed by atoms with Crippen molar-refractivity contribution in [1.82, 2.24) is 10.3 Å². The lowest BCUT2D eigenvalue weighted by Crippen LogP contribution is -2.34. The van der Waals surface area contributed by atoms with Crippen LogP contribution in [0.1, 0.15) is 25.3 Å². The van der Waals surface area contributed by atoms with Crippen LogP contribution < -0.4 is 14.8 Å². The number of nitrogens with zero attached hydrogens (tertiary/aromatic N) is 2. The summed E-state index contributed by atoms with van der Waals surface area (Å²) in [5.74, 6) is 1.49. The fourth-order valence-electron chi connectivity index (χ4n) is 3.09. The van der Waals surface area contributed by atoms with Gasteiger partial charge in [0, 0.05) is 23.4 Å². The minimum Gasteiger partial charge on any atom is -0.495 e. The molecule has 2 heterocycles. The zero-order chi connectivity index (χ0) is 17.1. The Bertz CT molecular complexity index is 813. The summed E-state index contributed by atoms with van der Waals surface area (Å²) in [7, 11) is 1.53. The van der Waals surface area contributed by atoms with Crippen molar-refractivity contribution >= 4 is 16.7 Å².